The first-order chi connectivity index (χ1) is 12.8. The summed E-state index contributed by atoms with van der Waals surface area (Å²) < 4.78 is 5.54. The van der Waals surface area contributed by atoms with Crippen molar-refractivity contribution in [3.05, 3.63) is 65.0 Å². The lowest BCUT2D eigenvalue weighted by atomic mass is 10.0. The summed E-state index contributed by atoms with van der Waals surface area (Å²) in [6.07, 6.45) is 7.60. The van der Waals surface area contributed by atoms with E-state index in [0.29, 0.717) is 17.7 Å². The Morgan fingerprint density at radius 2 is 2.15 bits per heavy atom. The Morgan fingerprint density at radius 3 is 2.85 bits per heavy atom. The summed E-state index contributed by atoms with van der Waals surface area (Å²) in [6.45, 7) is 5.37. The number of rotatable bonds is 7. The Labute approximate surface area is 163 Å². The van der Waals surface area contributed by atoms with Crippen LogP contribution in [-0.4, -0.2) is 33.7 Å². The molecule has 0 bridgehead atoms. The lowest BCUT2D eigenvalue weighted by molar-refractivity contribution is -0.119. The molecule has 0 unspecified atom stereocenters. The highest BCUT2D eigenvalue weighted by atomic mass is 35.5. The Hall–Kier alpha value is -2.66. The fourth-order valence-corrected chi connectivity index (χ4v) is 3.22. The van der Waals surface area contributed by atoms with Gasteiger partial charge in [0.15, 0.2) is 10.8 Å². The fraction of sp³-hybridized carbons (Fsp3) is 0.286. The Kier molecular flexibility index (Phi) is 5.33. The summed E-state index contributed by atoms with van der Waals surface area (Å²) in [6, 6.07) is 7.29. The maximum atomic E-state index is 12.7. The van der Waals surface area contributed by atoms with Crippen molar-refractivity contribution in [1.29, 1.82) is 0 Å². The maximum absolute atomic E-state index is 12.7. The van der Waals surface area contributed by atoms with E-state index < -0.39 is 5.06 Å². The van der Waals surface area contributed by atoms with Gasteiger partial charge in [-0.1, -0.05) is 42.0 Å². The first-order valence-corrected chi connectivity index (χ1v) is 9.01. The molecule has 0 saturated heterocycles. The number of aryl methyl sites for hydroxylation is 1. The van der Waals surface area contributed by atoms with Crippen molar-refractivity contribution in [2.45, 2.75) is 31.9 Å². The highest BCUT2D eigenvalue weighted by Crippen LogP contribution is 2.34. The molecule has 1 heterocycles. The molecule has 6 heteroatoms. The number of amides is 1. The van der Waals surface area contributed by atoms with Crippen molar-refractivity contribution >= 4 is 29.9 Å². The minimum Gasteiger partial charge on any atom is -0.471 e. The zero-order chi connectivity index (χ0) is 19.6. The van der Waals surface area contributed by atoms with Gasteiger partial charge in [-0.05, 0) is 43.5 Å². The molecule has 2 aromatic rings. The van der Waals surface area contributed by atoms with E-state index in [1.54, 1.807) is 19.9 Å². The first kappa shape index (κ1) is 19.1. The number of ketones is 1. The molecular weight excluding hydrogens is 364 g/mol. The van der Waals surface area contributed by atoms with Gasteiger partial charge in [-0.2, -0.15) is 0 Å². The van der Waals surface area contributed by atoms with Gasteiger partial charge in [0.1, 0.15) is 5.75 Å². The number of benzene rings is 1. The highest BCUT2D eigenvalue weighted by Gasteiger charge is 2.26. The van der Waals surface area contributed by atoms with E-state index in [2.05, 4.69) is 4.98 Å². The van der Waals surface area contributed by atoms with Crippen LogP contribution in [0.1, 0.15) is 46.9 Å². The van der Waals surface area contributed by atoms with Gasteiger partial charge in [0, 0.05) is 11.8 Å². The van der Waals surface area contributed by atoms with Crippen molar-refractivity contribution in [3.8, 4) is 5.75 Å². The minimum atomic E-state index is -0.908. The third-order valence-electron chi connectivity index (χ3n) is 4.34. The van der Waals surface area contributed by atoms with Crippen molar-refractivity contribution < 1.29 is 14.3 Å². The van der Waals surface area contributed by atoms with E-state index in [1.165, 1.54) is 17.3 Å². The average Bonchev–Trinajstić information content (AvgIpc) is 3.03. The molecule has 1 aliphatic rings. The standard InChI is InChI=1S/C21H21ClN2O3/c1-14-5-4-6-18-17(14)7-8-19(18)24(13-25)12-20(26)15-9-16(11-23-10-15)27-21(2,3)22/h4-11,13,19H,12H2,1-3H3/t19-/m1/s1. The number of alkyl halides is 1. The molecule has 27 heavy (non-hydrogen) atoms. The van der Waals surface area contributed by atoms with Gasteiger partial charge < -0.3 is 9.64 Å². The quantitative estimate of drug-likeness (QED) is 0.408. The van der Waals surface area contributed by atoms with Crippen LogP contribution >= 0.6 is 11.6 Å². The Morgan fingerprint density at radius 1 is 1.37 bits per heavy atom. The van der Waals surface area contributed by atoms with Crippen molar-refractivity contribution in [2.75, 3.05) is 6.54 Å². The second kappa shape index (κ2) is 7.53. The molecule has 1 amide bonds. The normalized spacial score (nSPS) is 15.3. The molecule has 0 aliphatic heterocycles. The molecule has 1 atom stereocenters. The van der Waals surface area contributed by atoms with E-state index in [-0.39, 0.29) is 18.4 Å². The summed E-state index contributed by atoms with van der Waals surface area (Å²) in [5.74, 6) is 0.183. The van der Waals surface area contributed by atoms with E-state index in [1.807, 2.05) is 37.3 Å². The van der Waals surface area contributed by atoms with E-state index in [0.717, 1.165) is 16.7 Å². The Balaban J connectivity index is 1.78. The summed E-state index contributed by atoms with van der Waals surface area (Å²) in [7, 11) is 0. The SMILES string of the molecule is Cc1cccc2c1C=C[C@H]2N(C=O)CC(=O)c1cncc(OC(C)(C)Cl)c1. The molecule has 0 N–H and O–H groups in total. The topological polar surface area (TPSA) is 59.5 Å². The zero-order valence-corrected chi connectivity index (χ0v) is 16.2. The summed E-state index contributed by atoms with van der Waals surface area (Å²) in [5.41, 5.74) is 3.63. The van der Waals surface area contributed by atoms with Gasteiger partial charge in [-0.3, -0.25) is 14.6 Å². The largest absolute Gasteiger partial charge is 0.471 e. The fourth-order valence-electron chi connectivity index (χ4n) is 3.13. The summed E-state index contributed by atoms with van der Waals surface area (Å²) >= 11 is 6.06. The highest BCUT2D eigenvalue weighted by molar-refractivity contribution is 6.22. The molecule has 5 nitrogen and oxygen atoms in total. The predicted molar refractivity (Wildman–Crippen MR) is 105 cm³/mol. The van der Waals surface area contributed by atoms with Crippen molar-refractivity contribution in [2.24, 2.45) is 0 Å². The molecule has 0 spiro atoms. The van der Waals surface area contributed by atoms with E-state index in [4.69, 9.17) is 16.3 Å². The van der Waals surface area contributed by atoms with Crippen LogP contribution in [0.2, 0.25) is 0 Å². The number of Topliss-reactive ketones (excluding diaryl/α,β-unsaturated/α-hetero) is 1. The minimum absolute atomic E-state index is 0.0543. The van der Waals surface area contributed by atoms with E-state index in [9.17, 15) is 9.59 Å². The lowest BCUT2D eigenvalue weighted by Gasteiger charge is -2.24. The van der Waals surface area contributed by atoms with Gasteiger partial charge in [0.05, 0.1) is 18.8 Å². The number of hydrogen-bond donors (Lipinski definition) is 0. The third kappa shape index (κ3) is 4.37. The third-order valence-corrected chi connectivity index (χ3v) is 4.41. The number of aromatic nitrogens is 1. The molecule has 140 valence electrons. The molecule has 1 aromatic carbocycles. The van der Waals surface area contributed by atoms with Gasteiger partial charge in [0.25, 0.3) is 0 Å². The Bertz CT molecular complexity index is 903. The van der Waals surface area contributed by atoms with Crippen LogP contribution in [0.5, 0.6) is 5.75 Å². The number of halogens is 1. The van der Waals surface area contributed by atoms with Gasteiger partial charge in [-0.15, -0.1) is 0 Å². The number of ether oxygens (including phenoxy) is 1. The van der Waals surface area contributed by atoms with Crippen molar-refractivity contribution in [1.82, 2.24) is 9.88 Å². The van der Waals surface area contributed by atoms with Crippen molar-refractivity contribution in [3.63, 3.8) is 0 Å². The lowest BCUT2D eigenvalue weighted by Crippen LogP contribution is -2.31. The maximum Gasteiger partial charge on any atom is 0.210 e. The molecule has 3 rings (SSSR count). The number of carbonyl (C=O) groups excluding carboxylic acids is 2. The van der Waals surface area contributed by atoms with Crippen LogP contribution in [0.25, 0.3) is 6.08 Å². The van der Waals surface area contributed by atoms with E-state index >= 15 is 0 Å². The first-order valence-electron chi connectivity index (χ1n) is 8.63. The molecule has 0 radical (unpaired) electrons. The number of pyridine rings is 1. The average molecular weight is 385 g/mol. The van der Waals surface area contributed by atoms with Crippen LogP contribution in [0.4, 0.5) is 0 Å². The number of hydrogen-bond acceptors (Lipinski definition) is 4. The number of carbonyl (C=O) groups is 2. The predicted octanol–water partition coefficient (Wildman–Crippen LogP) is 4.15. The molecule has 1 aromatic heterocycles. The molecule has 0 saturated carbocycles. The zero-order valence-electron chi connectivity index (χ0n) is 15.5. The second-order valence-electron chi connectivity index (χ2n) is 6.96. The van der Waals surface area contributed by atoms with Crippen LogP contribution in [-0.2, 0) is 4.79 Å². The number of nitrogens with zero attached hydrogens (tertiary/aromatic N) is 2. The van der Waals surface area contributed by atoms with Crippen LogP contribution in [0, 0.1) is 6.92 Å². The second-order valence-corrected chi connectivity index (χ2v) is 7.87. The van der Waals surface area contributed by atoms with Crippen LogP contribution < -0.4 is 4.74 Å². The molecular formula is C21H21ClN2O3. The smallest absolute Gasteiger partial charge is 0.210 e. The molecule has 0 fully saturated rings. The summed E-state index contributed by atoms with van der Waals surface area (Å²) in [4.78, 5) is 29.9. The monoisotopic (exact) mass is 384 g/mol. The van der Waals surface area contributed by atoms with Gasteiger partial charge in [0.2, 0.25) is 6.41 Å². The number of fused-ring (bicyclic) bond motifs is 1. The van der Waals surface area contributed by atoms with Crippen LogP contribution in [0.15, 0.2) is 42.7 Å². The van der Waals surface area contributed by atoms with Gasteiger partial charge in [-0.25, -0.2) is 0 Å². The van der Waals surface area contributed by atoms with Crippen LogP contribution in [0.3, 0.4) is 0 Å². The molecule has 1 aliphatic carbocycles. The van der Waals surface area contributed by atoms with Gasteiger partial charge >= 0.3 is 0 Å². The summed E-state index contributed by atoms with van der Waals surface area (Å²) in [5, 5.41) is -0.908.